The van der Waals surface area contributed by atoms with Crippen molar-refractivity contribution in [2.75, 3.05) is 7.05 Å². The molecule has 6 heteroatoms. The number of amides is 2. The van der Waals surface area contributed by atoms with E-state index in [1.807, 2.05) is 19.9 Å². The van der Waals surface area contributed by atoms with Gasteiger partial charge in [0.1, 0.15) is 18.1 Å². The molecule has 1 heterocycles. The van der Waals surface area contributed by atoms with Crippen LogP contribution in [0.15, 0.2) is 18.2 Å². The lowest BCUT2D eigenvalue weighted by atomic mass is 10.1. The first-order valence-corrected chi connectivity index (χ1v) is 7.74. The van der Waals surface area contributed by atoms with Crippen molar-refractivity contribution in [1.82, 2.24) is 10.2 Å². The molecule has 0 aromatic heterocycles. The number of nitrogens with one attached hydrogen (secondary N) is 1. The minimum Gasteiger partial charge on any atom is -0.491 e. The Morgan fingerprint density at radius 3 is 2.78 bits per heavy atom. The normalized spacial score (nSPS) is 14.6. The van der Waals surface area contributed by atoms with Crippen LogP contribution in [0.5, 0.6) is 5.75 Å². The Labute approximate surface area is 135 Å². The maximum atomic E-state index is 12.7. The number of hydrogen-bond donors (Lipinski definition) is 1. The number of benzene rings is 1. The van der Waals surface area contributed by atoms with E-state index in [-0.39, 0.29) is 24.3 Å². The smallest absolute Gasteiger partial charge is 0.255 e. The van der Waals surface area contributed by atoms with Crippen LogP contribution in [-0.2, 0) is 16.1 Å². The van der Waals surface area contributed by atoms with E-state index >= 15 is 0 Å². The third kappa shape index (κ3) is 3.52. The van der Waals surface area contributed by atoms with Crippen molar-refractivity contribution in [2.24, 2.45) is 0 Å². The van der Waals surface area contributed by atoms with Crippen LogP contribution in [0.25, 0.3) is 0 Å². The Balaban J connectivity index is 2.31. The molecule has 1 aromatic rings. The molecule has 0 fully saturated rings. The Hall–Kier alpha value is -2.37. The molecule has 0 bridgehead atoms. The zero-order chi connectivity index (χ0) is 17.0. The van der Waals surface area contributed by atoms with Crippen LogP contribution in [-0.4, -0.2) is 42.2 Å². The van der Waals surface area contributed by atoms with Crippen LogP contribution in [0.3, 0.4) is 0 Å². The largest absolute Gasteiger partial charge is 0.491 e. The summed E-state index contributed by atoms with van der Waals surface area (Å²) in [6.45, 7) is 4.16. The first-order valence-electron chi connectivity index (χ1n) is 7.74. The summed E-state index contributed by atoms with van der Waals surface area (Å²) in [6, 6.07) is 4.69. The van der Waals surface area contributed by atoms with Crippen molar-refractivity contribution in [3.63, 3.8) is 0 Å². The molecule has 0 spiro atoms. The second-order valence-corrected chi connectivity index (χ2v) is 5.76. The minimum absolute atomic E-state index is 0.00421. The van der Waals surface area contributed by atoms with Gasteiger partial charge in [-0.1, -0.05) is 6.07 Å². The molecule has 0 radical (unpaired) electrons. The molecule has 6 nitrogen and oxygen atoms in total. The third-order valence-electron chi connectivity index (χ3n) is 3.80. The standard InChI is InChI=1S/C17H22N2O4/c1-11(2)23-15-8-4-6-12-13(15)10-19(17(12)22)14(7-5-9-20)16(21)18-3/h4,6,8-9,11,14H,5,7,10H2,1-3H3,(H,18,21). The highest BCUT2D eigenvalue weighted by atomic mass is 16.5. The van der Waals surface area contributed by atoms with Crippen LogP contribution in [0, 0.1) is 0 Å². The number of rotatable bonds is 7. The summed E-state index contributed by atoms with van der Waals surface area (Å²) in [5.74, 6) is 0.201. The number of hydrogen-bond acceptors (Lipinski definition) is 4. The molecular formula is C17H22N2O4. The Kier molecular flexibility index (Phi) is 5.36. The predicted octanol–water partition coefficient (Wildman–Crippen LogP) is 1.52. The van der Waals surface area contributed by atoms with Gasteiger partial charge in [0.15, 0.2) is 0 Å². The molecule has 124 valence electrons. The summed E-state index contributed by atoms with van der Waals surface area (Å²) in [6.07, 6.45) is 1.30. The van der Waals surface area contributed by atoms with Gasteiger partial charge in [-0.05, 0) is 32.4 Å². The quantitative estimate of drug-likeness (QED) is 0.774. The fourth-order valence-corrected chi connectivity index (χ4v) is 2.76. The average Bonchev–Trinajstić information content (AvgIpc) is 2.85. The Bertz CT molecular complexity index is 613. The van der Waals surface area contributed by atoms with Gasteiger partial charge in [-0.25, -0.2) is 0 Å². The fraction of sp³-hybridized carbons (Fsp3) is 0.471. The topological polar surface area (TPSA) is 75.7 Å². The lowest BCUT2D eigenvalue weighted by molar-refractivity contribution is -0.125. The first-order chi connectivity index (χ1) is 11.0. The molecule has 0 saturated carbocycles. The van der Waals surface area contributed by atoms with Crippen LogP contribution < -0.4 is 10.1 Å². The van der Waals surface area contributed by atoms with Crippen LogP contribution >= 0.6 is 0 Å². The van der Waals surface area contributed by atoms with Crippen LogP contribution in [0.4, 0.5) is 0 Å². The van der Waals surface area contributed by atoms with E-state index in [1.165, 1.54) is 11.9 Å². The second-order valence-electron chi connectivity index (χ2n) is 5.76. The zero-order valence-corrected chi connectivity index (χ0v) is 13.7. The number of carbonyl (C=O) groups is 3. The molecule has 2 rings (SSSR count). The molecule has 1 N–H and O–H groups in total. The van der Waals surface area contributed by atoms with Gasteiger partial charge in [-0.15, -0.1) is 0 Å². The van der Waals surface area contributed by atoms with E-state index in [0.29, 0.717) is 24.3 Å². The molecule has 1 aromatic carbocycles. The van der Waals surface area contributed by atoms with Gasteiger partial charge in [0.2, 0.25) is 5.91 Å². The Morgan fingerprint density at radius 2 is 2.17 bits per heavy atom. The molecule has 0 saturated heterocycles. The summed E-state index contributed by atoms with van der Waals surface area (Å²) in [7, 11) is 1.53. The number of nitrogens with zero attached hydrogens (tertiary/aromatic N) is 1. The zero-order valence-electron chi connectivity index (χ0n) is 13.7. The summed E-state index contributed by atoms with van der Waals surface area (Å²) in [4.78, 5) is 36.9. The lowest BCUT2D eigenvalue weighted by Crippen LogP contribution is -2.46. The average molecular weight is 318 g/mol. The van der Waals surface area contributed by atoms with Crippen molar-refractivity contribution in [2.45, 2.75) is 45.4 Å². The number of aldehydes is 1. The van der Waals surface area contributed by atoms with E-state index in [1.54, 1.807) is 12.1 Å². The number of ether oxygens (including phenoxy) is 1. The predicted molar refractivity (Wildman–Crippen MR) is 85.2 cm³/mol. The summed E-state index contributed by atoms with van der Waals surface area (Å²) in [5, 5.41) is 2.57. The number of carbonyl (C=O) groups excluding carboxylic acids is 3. The Morgan fingerprint density at radius 1 is 1.43 bits per heavy atom. The van der Waals surface area contributed by atoms with Gasteiger partial charge in [-0.3, -0.25) is 9.59 Å². The summed E-state index contributed by atoms with van der Waals surface area (Å²) in [5.41, 5.74) is 1.36. The van der Waals surface area contributed by atoms with Gasteiger partial charge in [0, 0.05) is 24.6 Å². The lowest BCUT2D eigenvalue weighted by Gasteiger charge is -2.25. The van der Waals surface area contributed by atoms with Gasteiger partial charge in [0.05, 0.1) is 12.6 Å². The van der Waals surface area contributed by atoms with Gasteiger partial charge < -0.3 is 19.7 Å². The van der Waals surface area contributed by atoms with Crippen molar-refractivity contribution < 1.29 is 19.1 Å². The minimum atomic E-state index is -0.656. The number of fused-ring (bicyclic) bond motifs is 1. The maximum Gasteiger partial charge on any atom is 0.255 e. The summed E-state index contributed by atoms with van der Waals surface area (Å²) >= 11 is 0. The first kappa shape index (κ1) is 17.0. The molecule has 1 unspecified atom stereocenters. The van der Waals surface area contributed by atoms with E-state index in [9.17, 15) is 14.4 Å². The third-order valence-corrected chi connectivity index (χ3v) is 3.80. The van der Waals surface area contributed by atoms with Crippen LogP contribution in [0.1, 0.15) is 42.6 Å². The monoisotopic (exact) mass is 318 g/mol. The van der Waals surface area contributed by atoms with Crippen molar-refractivity contribution >= 4 is 18.1 Å². The highest BCUT2D eigenvalue weighted by Crippen LogP contribution is 2.33. The maximum absolute atomic E-state index is 12.7. The molecule has 1 atom stereocenters. The molecule has 2 amide bonds. The summed E-state index contributed by atoms with van der Waals surface area (Å²) < 4.78 is 5.77. The van der Waals surface area contributed by atoms with E-state index in [4.69, 9.17) is 4.74 Å². The molecule has 1 aliphatic heterocycles. The van der Waals surface area contributed by atoms with Gasteiger partial charge >= 0.3 is 0 Å². The highest BCUT2D eigenvalue weighted by molar-refractivity contribution is 6.01. The van der Waals surface area contributed by atoms with Crippen molar-refractivity contribution in [3.8, 4) is 5.75 Å². The number of likely N-dealkylation sites (N-methyl/N-ethyl adjacent to an activating group) is 1. The van der Waals surface area contributed by atoms with E-state index < -0.39 is 6.04 Å². The molecule has 0 aliphatic carbocycles. The van der Waals surface area contributed by atoms with E-state index in [2.05, 4.69) is 5.32 Å². The fourth-order valence-electron chi connectivity index (χ4n) is 2.76. The molecule has 1 aliphatic rings. The SMILES string of the molecule is CNC(=O)C(CCC=O)N1Cc2c(OC(C)C)cccc2C1=O. The second kappa shape index (κ2) is 7.26. The van der Waals surface area contributed by atoms with Crippen LogP contribution in [0.2, 0.25) is 0 Å². The van der Waals surface area contributed by atoms with Crippen molar-refractivity contribution in [1.29, 1.82) is 0 Å². The highest BCUT2D eigenvalue weighted by Gasteiger charge is 2.37. The van der Waals surface area contributed by atoms with Gasteiger partial charge in [0.25, 0.3) is 5.91 Å². The van der Waals surface area contributed by atoms with E-state index in [0.717, 1.165) is 11.8 Å². The molecular weight excluding hydrogens is 296 g/mol. The van der Waals surface area contributed by atoms with Gasteiger partial charge in [-0.2, -0.15) is 0 Å². The van der Waals surface area contributed by atoms with Crippen molar-refractivity contribution in [3.05, 3.63) is 29.3 Å². The molecule has 23 heavy (non-hydrogen) atoms.